The summed E-state index contributed by atoms with van der Waals surface area (Å²) in [6, 6.07) is 22.9. The van der Waals surface area contributed by atoms with E-state index in [0.717, 1.165) is 27.8 Å². The second-order valence-corrected chi connectivity index (χ2v) is 10.5. The van der Waals surface area contributed by atoms with E-state index in [1.54, 1.807) is 4.90 Å². The van der Waals surface area contributed by atoms with Crippen LogP contribution >= 0.6 is 0 Å². The van der Waals surface area contributed by atoms with Gasteiger partial charge in [0.2, 0.25) is 5.91 Å². The Kier molecular flexibility index (Phi) is 8.92. The zero-order valence-corrected chi connectivity index (χ0v) is 22.3. The zero-order chi connectivity index (χ0) is 26.3. The average molecular weight is 487 g/mol. The Morgan fingerprint density at radius 2 is 1.56 bits per heavy atom. The maximum Gasteiger partial charge on any atom is 0.261 e. The molecule has 190 valence electrons. The fourth-order valence-corrected chi connectivity index (χ4v) is 4.05. The zero-order valence-electron chi connectivity index (χ0n) is 22.3. The molecule has 0 bridgehead atoms. The number of hydrogen-bond donors (Lipinski definition) is 1. The van der Waals surface area contributed by atoms with E-state index >= 15 is 0 Å². The summed E-state index contributed by atoms with van der Waals surface area (Å²) in [7, 11) is 0. The van der Waals surface area contributed by atoms with E-state index in [1.165, 1.54) is 0 Å². The van der Waals surface area contributed by atoms with Gasteiger partial charge < -0.3 is 15.0 Å². The average Bonchev–Trinajstić information content (AvgIpc) is 2.81. The maximum atomic E-state index is 13.7. The minimum absolute atomic E-state index is 0.150. The predicted octanol–water partition coefficient (Wildman–Crippen LogP) is 5.55. The van der Waals surface area contributed by atoms with Crippen molar-refractivity contribution < 1.29 is 14.3 Å². The largest absolute Gasteiger partial charge is 0.484 e. The molecule has 0 aliphatic rings. The highest BCUT2D eigenvalue weighted by atomic mass is 16.5. The number of amides is 2. The van der Waals surface area contributed by atoms with Crippen LogP contribution in [0.1, 0.15) is 48.6 Å². The quantitative estimate of drug-likeness (QED) is 0.432. The van der Waals surface area contributed by atoms with Crippen molar-refractivity contribution in [2.24, 2.45) is 0 Å². The number of nitrogens with one attached hydrogen (secondary N) is 1. The molecule has 0 fully saturated rings. The second kappa shape index (κ2) is 11.9. The minimum Gasteiger partial charge on any atom is -0.484 e. The summed E-state index contributed by atoms with van der Waals surface area (Å²) in [6.45, 7) is 12.1. The Morgan fingerprint density at radius 1 is 0.861 bits per heavy atom. The topological polar surface area (TPSA) is 58.6 Å². The van der Waals surface area contributed by atoms with Gasteiger partial charge in [-0.15, -0.1) is 0 Å². The van der Waals surface area contributed by atoms with E-state index in [-0.39, 0.29) is 18.4 Å². The third kappa shape index (κ3) is 7.98. The summed E-state index contributed by atoms with van der Waals surface area (Å²) in [5, 5.41) is 3.09. The molecule has 0 aromatic heterocycles. The molecule has 5 nitrogen and oxygen atoms in total. The van der Waals surface area contributed by atoms with E-state index in [0.29, 0.717) is 18.7 Å². The Bertz CT molecular complexity index is 1180. The molecular weight excluding hydrogens is 448 g/mol. The monoisotopic (exact) mass is 486 g/mol. The number of carbonyl (C=O) groups excluding carboxylic acids is 2. The summed E-state index contributed by atoms with van der Waals surface area (Å²) in [6.07, 6.45) is 0.407. The second-order valence-electron chi connectivity index (χ2n) is 10.5. The van der Waals surface area contributed by atoms with Gasteiger partial charge in [-0.05, 0) is 75.9 Å². The lowest BCUT2D eigenvalue weighted by molar-refractivity contribution is -0.143. The molecule has 0 heterocycles. The highest BCUT2D eigenvalue weighted by molar-refractivity contribution is 5.89. The number of carbonyl (C=O) groups is 2. The molecule has 1 N–H and O–H groups in total. The van der Waals surface area contributed by atoms with E-state index < -0.39 is 11.6 Å². The highest BCUT2D eigenvalue weighted by Gasteiger charge is 2.32. The standard InChI is InChI=1S/C31H38N2O3/c1-22-11-10-14-26(17-22)20-33(29(34)21-36-27-16-15-23(2)24(3)18-27)28(30(35)32-31(4,5)6)19-25-12-8-7-9-13-25/h7-18,28H,19-21H2,1-6H3,(H,32,35). The van der Waals surface area contributed by atoms with Crippen LogP contribution in [0.5, 0.6) is 5.75 Å². The number of benzene rings is 3. The lowest BCUT2D eigenvalue weighted by atomic mass is 10.0. The van der Waals surface area contributed by atoms with Crippen LogP contribution in [-0.4, -0.2) is 34.9 Å². The van der Waals surface area contributed by atoms with Crippen molar-refractivity contribution in [3.8, 4) is 5.75 Å². The first-order valence-electron chi connectivity index (χ1n) is 12.4. The van der Waals surface area contributed by atoms with Gasteiger partial charge in [0.05, 0.1) is 0 Å². The Hall–Kier alpha value is -3.60. The molecule has 0 radical (unpaired) electrons. The molecule has 0 saturated heterocycles. The third-order valence-electron chi connectivity index (χ3n) is 6.05. The van der Waals surface area contributed by atoms with Gasteiger partial charge in [0.1, 0.15) is 11.8 Å². The van der Waals surface area contributed by atoms with Crippen molar-refractivity contribution in [1.29, 1.82) is 0 Å². The first-order chi connectivity index (χ1) is 17.0. The summed E-state index contributed by atoms with van der Waals surface area (Å²) in [4.78, 5) is 28.9. The van der Waals surface area contributed by atoms with Crippen LogP contribution in [0.25, 0.3) is 0 Å². The number of ether oxygens (including phenoxy) is 1. The Labute approximate surface area is 215 Å². The normalized spacial score (nSPS) is 12.1. The van der Waals surface area contributed by atoms with Crippen molar-refractivity contribution in [1.82, 2.24) is 10.2 Å². The van der Waals surface area contributed by atoms with Crippen molar-refractivity contribution in [3.63, 3.8) is 0 Å². The van der Waals surface area contributed by atoms with Gasteiger partial charge in [-0.1, -0.05) is 66.2 Å². The fraction of sp³-hybridized carbons (Fsp3) is 0.355. The van der Waals surface area contributed by atoms with Gasteiger partial charge in [0.25, 0.3) is 5.91 Å². The summed E-state index contributed by atoms with van der Waals surface area (Å²) in [5.74, 6) is 0.221. The van der Waals surface area contributed by atoms with E-state index in [2.05, 4.69) is 5.32 Å². The van der Waals surface area contributed by atoms with Crippen molar-refractivity contribution in [2.45, 2.75) is 66.1 Å². The van der Waals surface area contributed by atoms with Gasteiger partial charge in [-0.2, -0.15) is 0 Å². The lowest BCUT2D eigenvalue weighted by Gasteiger charge is -2.33. The molecule has 3 aromatic rings. The van der Waals surface area contributed by atoms with Crippen LogP contribution in [0.2, 0.25) is 0 Å². The number of nitrogens with zero attached hydrogens (tertiary/aromatic N) is 1. The molecule has 3 rings (SSSR count). The first kappa shape index (κ1) is 27.0. The minimum atomic E-state index is -0.692. The molecule has 2 amide bonds. The van der Waals surface area contributed by atoms with Crippen LogP contribution in [0, 0.1) is 20.8 Å². The Balaban J connectivity index is 1.93. The van der Waals surface area contributed by atoms with Crippen LogP contribution in [0.3, 0.4) is 0 Å². The van der Waals surface area contributed by atoms with Crippen LogP contribution in [-0.2, 0) is 22.6 Å². The van der Waals surface area contributed by atoms with Gasteiger partial charge in [-0.3, -0.25) is 9.59 Å². The molecule has 0 saturated carbocycles. The van der Waals surface area contributed by atoms with E-state index in [4.69, 9.17) is 4.74 Å². The summed E-state index contributed by atoms with van der Waals surface area (Å²) in [5.41, 5.74) is 4.89. The fourth-order valence-electron chi connectivity index (χ4n) is 4.05. The summed E-state index contributed by atoms with van der Waals surface area (Å²) < 4.78 is 5.90. The van der Waals surface area contributed by atoms with Gasteiger partial charge >= 0.3 is 0 Å². The van der Waals surface area contributed by atoms with Crippen molar-refractivity contribution in [2.75, 3.05) is 6.61 Å². The molecule has 1 atom stereocenters. The maximum absolute atomic E-state index is 13.7. The molecule has 0 aliphatic heterocycles. The number of rotatable bonds is 9. The van der Waals surface area contributed by atoms with Gasteiger partial charge in [0.15, 0.2) is 6.61 Å². The molecular formula is C31H38N2O3. The molecule has 1 unspecified atom stereocenters. The summed E-state index contributed by atoms with van der Waals surface area (Å²) >= 11 is 0. The third-order valence-corrected chi connectivity index (χ3v) is 6.05. The van der Waals surface area contributed by atoms with Gasteiger partial charge in [-0.25, -0.2) is 0 Å². The molecule has 0 aliphatic carbocycles. The SMILES string of the molecule is Cc1cccc(CN(C(=O)COc2ccc(C)c(C)c2)C(Cc2ccccc2)C(=O)NC(C)(C)C)c1. The number of hydrogen-bond acceptors (Lipinski definition) is 3. The van der Waals surface area contributed by atoms with Crippen molar-refractivity contribution >= 4 is 11.8 Å². The van der Waals surface area contributed by atoms with Crippen LogP contribution in [0.4, 0.5) is 0 Å². The van der Waals surface area contributed by atoms with Gasteiger partial charge in [0, 0.05) is 18.5 Å². The van der Waals surface area contributed by atoms with Crippen molar-refractivity contribution in [3.05, 3.63) is 101 Å². The lowest BCUT2D eigenvalue weighted by Crippen LogP contribution is -2.55. The van der Waals surface area contributed by atoms with Crippen LogP contribution < -0.4 is 10.1 Å². The molecule has 36 heavy (non-hydrogen) atoms. The van der Waals surface area contributed by atoms with E-state index in [9.17, 15) is 9.59 Å². The Morgan fingerprint density at radius 3 is 2.19 bits per heavy atom. The molecule has 0 spiro atoms. The number of aryl methyl sites for hydroxylation is 3. The van der Waals surface area contributed by atoms with E-state index in [1.807, 2.05) is 114 Å². The molecule has 5 heteroatoms. The predicted molar refractivity (Wildman–Crippen MR) is 145 cm³/mol. The van der Waals surface area contributed by atoms with Crippen LogP contribution in [0.15, 0.2) is 72.8 Å². The smallest absolute Gasteiger partial charge is 0.261 e. The highest BCUT2D eigenvalue weighted by Crippen LogP contribution is 2.19. The molecule has 3 aromatic carbocycles. The first-order valence-corrected chi connectivity index (χ1v) is 12.4.